The Labute approximate surface area is 142 Å². The van der Waals surface area contributed by atoms with Gasteiger partial charge in [-0.25, -0.2) is 0 Å². The molecule has 0 unspecified atom stereocenters. The number of rotatable bonds is 3. The maximum Gasteiger partial charge on any atom is 0.164 e. The van der Waals surface area contributed by atoms with Crippen molar-refractivity contribution in [2.24, 2.45) is 5.92 Å². The number of hydrogen-bond acceptors (Lipinski definition) is 3. The molecule has 4 nitrogen and oxygen atoms in total. The molecular weight excluding hydrogens is 308 g/mol. The average molecular weight is 331 g/mol. The Hall–Kier alpha value is -1.39. The summed E-state index contributed by atoms with van der Waals surface area (Å²) in [4.78, 5) is 2.56. The second-order valence-electron chi connectivity index (χ2n) is 6.84. The largest absolute Gasteiger partial charge is 0.309 e. The van der Waals surface area contributed by atoms with Gasteiger partial charge in [0.1, 0.15) is 5.82 Å². The highest BCUT2D eigenvalue weighted by molar-refractivity contribution is 6.30. The molecule has 2 aliphatic rings. The van der Waals surface area contributed by atoms with Gasteiger partial charge in [-0.1, -0.05) is 30.9 Å². The van der Waals surface area contributed by atoms with Crippen molar-refractivity contribution >= 4 is 11.6 Å². The summed E-state index contributed by atoms with van der Waals surface area (Å²) in [5.41, 5.74) is 1.09. The van der Waals surface area contributed by atoms with Gasteiger partial charge in [0.05, 0.1) is 6.54 Å². The number of benzene rings is 1. The van der Waals surface area contributed by atoms with Gasteiger partial charge in [0.2, 0.25) is 0 Å². The number of hydrogen-bond donors (Lipinski definition) is 0. The lowest BCUT2D eigenvalue weighted by molar-refractivity contribution is 0.165. The Balaban J connectivity index is 1.47. The van der Waals surface area contributed by atoms with Crippen LogP contribution in [-0.2, 0) is 13.1 Å². The molecule has 1 aliphatic carbocycles. The van der Waals surface area contributed by atoms with E-state index < -0.39 is 0 Å². The minimum absolute atomic E-state index is 0.755. The van der Waals surface area contributed by atoms with Crippen LogP contribution in [0.3, 0.4) is 0 Å². The summed E-state index contributed by atoms with van der Waals surface area (Å²) in [5, 5.41) is 9.61. The first-order valence-electron chi connectivity index (χ1n) is 8.70. The van der Waals surface area contributed by atoms with Crippen LogP contribution in [0.1, 0.15) is 37.9 Å². The monoisotopic (exact) mass is 330 g/mol. The van der Waals surface area contributed by atoms with E-state index in [9.17, 15) is 0 Å². The van der Waals surface area contributed by atoms with Crippen LogP contribution in [0.15, 0.2) is 24.3 Å². The second kappa shape index (κ2) is 6.62. The smallest absolute Gasteiger partial charge is 0.164 e. The van der Waals surface area contributed by atoms with Gasteiger partial charge >= 0.3 is 0 Å². The number of aromatic nitrogens is 3. The van der Waals surface area contributed by atoms with Gasteiger partial charge < -0.3 is 4.57 Å². The van der Waals surface area contributed by atoms with E-state index in [-0.39, 0.29) is 0 Å². The minimum Gasteiger partial charge on any atom is -0.309 e. The molecule has 0 atom stereocenters. The molecule has 23 heavy (non-hydrogen) atoms. The van der Waals surface area contributed by atoms with Crippen molar-refractivity contribution in [2.75, 3.05) is 13.1 Å². The van der Waals surface area contributed by atoms with Crippen molar-refractivity contribution in [1.29, 1.82) is 0 Å². The van der Waals surface area contributed by atoms with Gasteiger partial charge in [-0.2, -0.15) is 0 Å². The Morgan fingerprint density at radius 3 is 2.57 bits per heavy atom. The minimum atomic E-state index is 0.755. The first-order chi connectivity index (χ1) is 11.3. The lowest BCUT2D eigenvalue weighted by Gasteiger charge is -2.32. The Kier molecular flexibility index (Phi) is 4.36. The molecule has 1 aliphatic heterocycles. The van der Waals surface area contributed by atoms with E-state index in [0.29, 0.717) is 0 Å². The lowest BCUT2D eigenvalue weighted by Crippen LogP contribution is -2.37. The molecule has 2 heterocycles. The third-order valence-corrected chi connectivity index (χ3v) is 5.43. The first kappa shape index (κ1) is 15.2. The zero-order valence-corrected chi connectivity index (χ0v) is 14.2. The number of nitrogens with zero attached hydrogens (tertiary/aromatic N) is 4. The molecule has 5 heteroatoms. The van der Waals surface area contributed by atoms with Gasteiger partial charge in [0.25, 0.3) is 0 Å². The summed E-state index contributed by atoms with van der Waals surface area (Å²) >= 11 is 5.98. The molecule has 0 bridgehead atoms. The van der Waals surface area contributed by atoms with E-state index >= 15 is 0 Å². The molecule has 4 rings (SSSR count). The van der Waals surface area contributed by atoms with Crippen LogP contribution in [0.4, 0.5) is 0 Å². The van der Waals surface area contributed by atoms with E-state index in [0.717, 1.165) is 47.8 Å². The van der Waals surface area contributed by atoms with Gasteiger partial charge in [0, 0.05) is 30.2 Å². The third kappa shape index (κ3) is 3.29. The molecule has 1 saturated carbocycles. The SMILES string of the molecule is Clc1ccc(-c2nnc3n2CCN(CC2CCCCC2)C3)cc1. The van der Waals surface area contributed by atoms with Crippen molar-refractivity contribution in [2.45, 2.75) is 45.2 Å². The highest BCUT2D eigenvalue weighted by Crippen LogP contribution is 2.27. The maximum atomic E-state index is 5.98. The Morgan fingerprint density at radius 1 is 1.00 bits per heavy atom. The lowest BCUT2D eigenvalue weighted by atomic mass is 9.89. The molecule has 1 fully saturated rings. The maximum absolute atomic E-state index is 5.98. The molecule has 0 spiro atoms. The summed E-state index contributed by atoms with van der Waals surface area (Å²) < 4.78 is 2.26. The normalized spacial score (nSPS) is 19.7. The second-order valence-corrected chi connectivity index (χ2v) is 7.27. The fourth-order valence-corrected chi connectivity index (χ4v) is 4.04. The van der Waals surface area contributed by atoms with E-state index in [2.05, 4.69) is 19.7 Å². The predicted molar refractivity (Wildman–Crippen MR) is 92.3 cm³/mol. The van der Waals surface area contributed by atoms with Crippen LogP contribution in [0.25, 0.3) is 11.4 Å². The molecule has 1 aromatic heterocycles. The standard InChI is InChI=1S/C18H23ClN4/c19-16-8-6-15(7-9-16)18-21-20-17-13-22(10-11-23(17)18)12-14-4-2-1-3-5-14/h6-9,14H,1-5,10-13H2. The molecule has 122 valence electrons. The van der Waals surface area contributed by atoms with E-state index in [4.69, 9.17) is 11.6 Å². The zero-order valence-electron chi connectivity index (χ0n) is 13.4. The average Bonchev–Trinajstić information content (AvgIpc) is 3.00. The van der Waals surface area contributed by atoms with Crippen LogP contribution in [-0.4, -0.2) is 32.8 Å². The zero-order chi connectivity index (χ0) is 15.6. The van der Waals surface area contributed by atoms with E-state index in [1.54, 1.807) is 0 Å². The van der Waals surface area contributed by atoms with Crippen LogP contribution in [0.5, 0.6) is 0 Å². The van der Waals surface area contributed by atoms with Crippen LogP contribution in [0.2, 0.25) is 5.02 Å². The molecule has 0 saturated heterocycles. The molecule has 0 amide bonds. The Morgan fingerprint density at radius 2 is 1.78 bits per heavy atom. The van der Waals surface area contributed by atoms with Gasteiger partial charge in [0.15, 0.2) is 5.82 Å². The quantitative estimate of drug-likeness (QED) is 0.853. The summed E-state index contributed by atoms with van der Waals surface area (Å²) in [7, 11) is 0. The highest BCUT2D eigenvalue weighted by atomic mass is 35.5. The van der Waals surface area contributed by atoms with Crippen LogP contribution in [0, 0.1) is 5.92 Å². The summed E-state index contributed by atoms with van der Waals surface area (Å²) in [5.74, 6) is 2.94. The van der Waals surface area contributed by atoms with Crippen molar-refractivity contribution < 1.29 is 0 Å². The summed E-state index contributed by atoms with van der Waals surface area (Å²) in [6.07, 6.45) is 7.05. The Bertz CT molecular complexity index is 658. The van der Waals surface area contributed by atoms with E-state index in [1.807, 2.05) is 24.3 Å². The third-order valence-electron chi connectivity index (χ3n) is 5.18. The fourth-order valence-electron chi connectivity index (χ4n) is 3.91. The van der Waals surface area contributed by atoms with Crippen LogP contribution >= 0.6 is 11.6 Å². The van der Waals surface area contributed by atoms with Gasteiger partial charge in [-0.15, -0.1) is 10.2 Å². The molecule has 0 N–H and O–H groups in total. The topological polar surface area (TPSA) is 34.0 Å². The first-order valence-corrected chi connectivity index (χ1v) is 9.08. The highest BCUT2D eigenvalue weighted by Gasteiger charge is 2.24. The van der Waals surface area contributed by atoms with Crippen molar-refractivity contribution in [1.82, 2.24) is 19.7 Å². The predicted octanol–water partition coefficient (Wildman–Crippen LogP) is 3.99. The van der Waals surface area contributed by atoms with Gasteiger partial charge in [-0.3, -0.25) is 4.90 Å². The summed E-state index contributed by atoms with van der Waals surface area (Å²) in [6, 6.07) is 7.87. The molecule has 0 radical (unpaired) electrons. The van der Waals surface area contributed by atoms with E-state index in [1.165, 1.54) is 38.6 Å². The molecule has 1 aromatic carbocycles. The van der Waals surface area contributed by atoms with Crippen molar-refractivity contribution in [3.63, 3.8) is 0 Å². The number of halogens is 1. The van der Waals surface area contributed by atoms with Crippen LogP contribution < -0.4 is 0 Å². The van der Waals surface area contributed by atoms with Crippen molar-refractivity contribution in [3.8, 4) is 11.4 Å². The van der Waals surface area contributed by atoms with Crippen molar-refractivity contribution in [3.05, 3.63) is 35.1 Å². The van der Waals surface area contributed by atoms with Gasteiger partial charge in [-0.05, 0) is 43.0 Å². The summed E-state index contributed by atoms with van der Waals surface area (Å²) in [6.45, 7) is 4.23. The molecule has 2 aromatic rings. The number of fused-ring (bicyclic) bond motifs is 1. The fraction of sp³-hybridized carbons (Fsp3) is 0.556. The molecular formula is C18H23ClN4.